The number of halogens is 1. The number of hydrogen-bond acceptors (Lipinski definition) is 4. The molecule has 2 amide bonds. The second-order valence-electron chi connectivity index (χ2n) is 8.24. The number of nitrogens with zero attached hydrogens (tertiary/aromatic N) is 4. The van der Waals surface area contributed by atoms with E-state index in [4.69, 9.17) is 11.6 Å². The van der Waals surface area contributed by atoms with E-state index in [1.54, 1.807) is 6.20 Å². The second-order valence-corrected chi connectivity index (χ2v) is 8.68. The third-order valence-corrected chi connectivity index (χ3v) is 6.25. The van der Waals surface area contributed by atoms with Gasteiger partial charge >= 0.3 is 0 Å². The fourth-order valence-corrected chi connectivity index (χ4v) is 4.10. The van der Waals surface area contributed by atoms with Crippen LogP contribution in [0.15, 0.2) is 42.6 Å². The van der Waals surface area contributed by atoms with Gasteiger partial charge in [0.2, 0.25) is 5.91 Å². The molecule has 2 aromatic rings. The minimum absolute atomic E-state index is 0.0461. The Labute approximate surface area is 182 Å². The largest absolute Gasteiger partial charge is 0.346 e. The molecule has 6 nitrogen and oxygen atoms in total. The quantitative estimate of drug-likeness (QED) is 0.751. The van der Waals surface area contributed by atoms with Gasteiger partial charge in [-0.25, -0.2) is 4.98 Å². The molecular weight excluding hydrogens is 400 g/mol. The zero-order valence-electron chi connectivity index (χ0n) is 17.3. The smallest absolute Gasteiger partial charge is 0.255 e. The van der Waals surface area contributed by atoms with Crippen molar-refractivity contribution >= 4 is 29.2 Å². The Kier molecular flexibility index (Phi) is 6.23. The molecule has 0 spiro atoms. The summed E-state index contributed by atoms with van der Waals surface area (Å²) in [4.78, 5) is 35.5. The molecule has 30 heavy (non-hydrogen) atoms. The van der Waals surface area contributed by atoms with E-state index >= 15 is 0 Å². The summed E-state index contributed by atoms with van der Waals surface area (Å²) in [6, 6.07) is 11.3. The van der Waals surface area contributed by atoms with Crippen molar-refractivity contribution < 1.29 is 9.59 Å². The topological polar surface area (TPSA) is 56.8 Å². The zero-order chi connectivity index (χ0) is 21.1. The first kappa shape index (κ1) is 20.7. The number of pyridine rings is 1. The number of piperidine rings is 1. The fourth-order valence-electron chi connectivity index (χ4n) is 3.98. The van der Waals surface area contributed by atoms with Crippen LogP contribution in [0.5, 0.6) is 0 Å². The second kappa shape index (κ2) is 9.04. The minimum atomic E-state index is 0.0461. The van der Waals surface area contributed by atoms with Crippen molar-refractivity contribution in [1.82, 2.24) is 14.8 Å². The molecule has 1 aromatic carbocycles. The van der Waals surface area contributed by atoms with E-state index in [1.165, 1.54) is 0 Å². The molecule has 158 valence electrons. The third kappa shape index (κ3) is 4.75. The number of hydrogen-bond donors (Lipinski definition) is 0. The maximum absolute atomic E-state index is 12.7. The molecule has 3 heterocycles. The number of amides is 2. The average Bonchev–Trinajstić information content (AvgIpc) is 2.77. The van der Waals surface area contributed by atoms with Crippen molar-refractivity contribution in [2.75, 3.05) is 37.6 Å². The summed E-state index contributed by atoms with van der Waals surface area (Å²) in [6.07, 6.45) is 3.75. The molecule has 2 aliphatic rings. The highest BCUT2D eigenvalue weighted by molar-refractivity contribution is 6.30. The van der Waals surface area contributed by atoms with Gasteiger partial charge in [0, 0.05) is 43.9 Å². The monoisotopic (exact) mass is 426 g/mol. The highest BCUT2D eigenvalue weighted by atomic mass is 35.5. The van der Waals surface area contributed by atoms with Gasteiger partial charge in [-0.05, 0) is 48.6 Å². The van der Waals surface area contributed by atoms with Gasteiger partial charge in [0.05, 0.1) is 12.1 Å². The SMILES string of the molecule is CC1CCN(C(=O)c2ccc(N3CCN(Cc4ccc(Cl)cc4)C(=O)C3)nc2)CC1. The summed E-state index contributed by atoms with van der Waals surface area (Å²) >= 11 is 5.93. The predicted octanol–water partition coefficient (Wildman–Crippen LogP) is 3.46. The average molecular weight is 427 g/mol. The fraction of sp³-hybridized carbons (Fsp3) is 0.435. The Morgan fingerprint density at radius 3 is 2.43 bits per heavy atom. The molecule has 0 bridgehead atoms. The van der Waals surface area contributed by atoms with E-state index in [9.17, 15) is 9.59 Å². The van der Waals surface area contributed by atoms with Crippen LogP contribution in [-0.2, 0) is 11.3 Å². The van der Waals surface area contributed by atoms with Gasteiger partial charge in [0.15, 0.2) is 0 Å². The van der Waals surface area contributed by atoms with E-state index in [-0.39, 0.29) is 18.4 Å². The first-order chi connectivity index (χ1) is 14.5. The number of aromatic nitrogens is 1. The minimum Gasteiger partial charge on any atom is -0.346 e. The highest BCUT2D eigenvalue weighted by Crippen LogP contribution is 2.20. The molecule has 0 N–H and O–H groups in total. The Morgan fingerprint density at radius 2 is 1.80 bits per heavy atom. The summed E-state index contributed by atoms with van der Waals surface area (Å²) in [5, 5.41) is 0.692. The lowest BCUT2D eigenvalue weighted by Gasteiger charge is -2.35. The lowest BCUT2D eigenvalue weighted by atomic mass is 9.99. The number of benzene rings is 1. The van der Waals surface area contributed by atoms with Crippen molar-refractivity contribution in [1.29, 1.82) is 0 Å². The van der Waals surface area contributed by atoms with Crippen LogP contribution < -0.4 is 4.90 Å². The first-order valence-corrected chi connectivity index (χ1v) is 10.9. The predicted molar refractivity (Wildman–Crippen MR) is 118 cm³/mol. The maximum atomic E-state index is 12.7. The Balaban J connectivity index is 1.34. The van der Waals surface area contributed by atoms with Gasteiger partial charge in [-0.1, -0.05) is 30.7 Å². The van der Waals surface area contributed by atoms with Gasteiger partial charge in [0.25, 0.3) is 5.91 Å². The van der Waals surface area contributed by atoms with Crippen molar-refractivity contribution in [2.45, 2.75) is 26.3 Å². The van der Waals surface area contributed by atoms with E-state index < -0.39 is 0 Å². The number of piperazine rings is 1. The van der Waals surface area contributed by atoms with Gasteiger partial charge in [-0.2, -0.15) is 0 Å². The first-order valence-electron chi connectivity index (χ1n) is 10.5. The van der Waals surface area contributed by atoms with Crippen molar-refractivity contribution in [2.24, 2.45) is 5.92 Å². The van der Waals surface area contributed by atoms with Gasteiger partial charge in [-0.15, -0.1) is 0 Å². The lowest BCUT2D eigenvalue weighted by Crippen LogP contribution is -2.50. The third-order valence-electron chi connectivity index (χ3n) is 6.00. The van der Waals surface area contributed by atoms with E-state index in [0.717, 1.165) is 37.3 Å². The van der Waals surface area contributed by atoms with Crippen molar-refractivity contribution in [3.8, 4) is 0 Å². The van der Waals surface area contributed by atoms with Crippen LogP contribution in [0.25, 0.3) is 0 Å². The van der Waals surface area contributed by atoms with Crippen LogP contribution in [-0.4, -0.2) is 59.3 Å². The lowest BCUT2D eigenvalue weighted by molar-refractivity contribution is -0.131. The number of anilines is 1. The number of carbonyl (C=O) groups is 2. The summed E-state index contributed by atoms with van der Waals surface area (Å²) in [7, 11) is 0. The van der Waals surface area contributed by atoms with Crippen molar-refractivity contribution in [3.63, 3.8) is 0 Å². The van der Waals surface area contributed by atoms with Gasteiger partial charge in [-0.3, -0.25) is 9.59 Å². The Morgan fingerprint density at radius 1 is 1.07 bits per heavy atom. The molecule has 0 aliphatic carbocycles. The van der Waals surface area contributed by atoms with Crippen LogP contribution in [0.1, 0.15) is 35.7 Å². The highest BCUT2D eigenvalue weighted by Gasteiger charge is 2.26. The van der Waals surface area contributed by atoms with Gasteiger partial charge < -0.3 is 14.7 Å². The van der Waals surface area contributed by atoms with Crippen LogP contribution in [0.4, 0.5) is 5.82 Å². The normalized spacial score (nSPS) is 18.1. The Hall–Kier alpha value is -2.60. The molecule has 2 fully saturated rings. The van der Waals surface area contributed by atoms with Crippen LogP contribution in [0, 0.1) is 5.92 Å². The molecular formula is C23H27ClN4O2. The molecule has 4 rings (SSSR count). The van der Waals surface area contributed by atoms with Crippen molar-refractivity contribution in [3.05, 3.63) is 58.7 Å². The molecule has 1 aromatic heterocycles. The number of rotatable bonds is 4. The molecule has 2 aliphatic heterocycles. The Bertz CT molecular complexity index is 892. The summed E-state index contributed by atoms with van der Waals surface area (Å²) in [6.45, 7) is 6.07. The molecule has 0 radical (unpaired) electrons. The van der Waals surface area contributed by atoms with Crippen LogP contribution in [0.2, 0.25) is 5.02 Å². The summed E-state index contributed by atoms with van der Waals surface area (Å²) < 4.78 is 0. The molecule has 0 atom stereocenters. The van der Waals surface area contributed by atoms with E-state index in [1.807, 2.05) is 51.1 Å². The zero-order valence-corrected chi connectivity index (χ0v) is 18.0. The van der Waals surface area contributed by atoms with Crippen LogP contribution >= 0.6 is 11.6 Å². The summed E-state index contributed by atoms with van der Waals surface area (Å²) in [5.41, 5.74) is 1.68. The molecule has 0 saturated carbocycles. The molecule has 0 unspecified atom stereocenters. The van der Waals surface area contributed by atoms with E-state index in [2.05, 4.69) is 11.9 Å². The van der Waals surface area contributed by atoms with Gasteiger partial charge in [0.1, 0.15) is 5.82 Å². The number of carbonyl (C=O) groups excluding carboxylic acids is 2. The van der Waals surface area contributed by atoms with E-state index in [0.29, 0.717) is 36.1 Å². The summed E-state index contributed by atoms with van der Waals surface area (Å²) in [5.74, 6) is 1.54. The molecule has 2 saturated heterocycles. The maximum Gasteiger partial charge on any atom is 0.255 e. The standard InChI is InChI=1S/C23H27ClN4O2/c1-17-8-10-26(11-9-17)23(30)19-4-7-21(25-14-19)27-12-13-28(22(29)16-27)15-18-2-5-20(24)6-3-18/h2-7,14,17H,8-13,15-16H2,1H3. The number of likely N-dealkylation sites (tertiary alicyclic amines) is 1. The van der Waals surface area contributed by atoms with Crippen LogP contribution in [0.3, 0.4) is 0 Å². The molecule has 7 heteroatoms.